The van der Waals surface area contributed by atoms with Crippen LogP contribution < -0.4 is 5.32 Å². The van der Waals surface area contributed by atoms with Gasteiger partial charge in [-0.1, -0.05) is 24.4 Å². The number of carbonyl (C=O) groups excluding carboxylic acids is 1. The SMILES string of the molecule is O=C(Nc1cc(F)c(F)cc1F)c1ccc(Cl)c(S(=O)(=O)N2CCCCCC2)c1. The van der Waals surface area contributed by atoms with Crippen molar-refractivity contribution in [1.82, 2.24) is 4.31 Å². The van der Waals surface area contributed by atoms with E-state index in [1.807, 2.05) is 0 Å². The zero-order valence-electron chi connectivity index (χ0n) is 15.2. The lowest BCUT2D eigenvalue weighted by molar-refractivity contribution is 0.102. The number of hydrogen-bond donors (Lipinski definition) is 1. The largest absolute Gasteiger partial charge is 0.319 e. The molecular weight excluding hydrogens is 429 g/mol. The fraction of sp³-hybridized carbons (Fsp3) is 0.316. The molecule has 5 nitrogen and oxygen atoms in total. The zero-order chi connectivity index (χ0) is 21.2. The number of halogens is 4. The predicted octanol–water partition coefficient (Wildman–Crippen LogP) is 4.57. The number of carbonyl (C=O) groups is 1. The molecule has 10 heteroatoms. The average Bonchev–Trinajstić information content (AvgIpc) is 2.96. The maximum Gasteiger partial charge on any atom is 0.255 e. The van der Waals surface area contributed by atoms with Crippen molar-refractivity contribution in [3.8, 4) is 0 Å². The van der Waals surface area contributed by atoms with Gasteiger partial charge in [-0.05, 0) is 31.0 Å². The van der Waals surface area contributed by atoms with Gasteiger partial charge in [-0.15, -0.1) is 0 Å². The summed E-state index contributed by atoms with van der Waals surface area (Å²) in [5.41, 5.74) is -0.687. The molecule has 1 aliphatic rings. The molecule has 0 bridgehead atoms. The van der Waals surface area contributed by atoms with Gasteiger partial charge in [0.25, 0.3) is 5.91 Å². The van der Waals surface area contributed by atoms with E-state index in [9.17, 15) is 26.4 Å². The summed E-state index contributed by atoms with van der Waals surface area (Å²) < 4.78 is 67.5. The molecule has 0 aliphatic carbocycles. The normalized spacial score (nSPS) is 15.7. The van der Waals surface area contributed by atoms with Crippen molar-refractivity contribution < 1.29 is 26.4 Å². The number of nitrogens with one attached hydrogen (secondary N) is 1. The predicted molar refractivity (Wildman–Crippen MR) is 103 cm³/mol. The van der Waals surface area contributed by atoms with E-state index in [0.717, 1.165) is 31.7 Å². The van der Waals surface area contributed by atoms with Crippen molar-refractivity contribution in [2.24, 2.45) is 0 Å². The maximum absolute atomic E-state index is 13.8. The number of sulfonamides is 1. The number of hydrogen-bond acceptors (Lipinski definition) is 3. The second kappa shape index (κ2) is 8.73. The minimum atomic E-state index is -3.93. The zero-order valence-corrected chi connectivity index (χ0v) is 16.8. The molecule has 156 valence electrons. The highest BCUT2D eigenvalue weighted by Crippen LogP contribution is 2.28. The van der Waals surface area contributed by atoms with Gasteiger partial charge in [0.2, 0.25) is 10.0 Å². The van der Waals surface area contributed by atoms with Crippen LogP contribution in [-0.4, -0.2) is 31.7 Å². The van der Waals surface area contributed by atoms with E-state index in [0.29, 0.717) is 25.2 Å². The van der Waals surface area contributed by atoms with Crippen LogP contribution in [0.3, 0.4) is 0 Å². The van der Waals surface area contributed by atoms with Crippen LogP contribution in [0, 0.1) is 17.5 Å². The lowest BCUT2D eigenvalue weighted by Crippen LogP contribution is -2.32. The van der Waals surface area contributed by atoms with Gasteiger partial charge in [0, 0.05) is 30.8 Å². The Balaban J connectivity index is 1.90. The third-order valence-corrected chi connectivity index (χ3v) is 7.01. The molecular formula is C19H18ClF3N2O3S. The lowest BCUT2D eigenvalue weighted by atomic mass is 10.2. The Kier molecular flexibility index (Phi) is 6.50. The number of nitrogens with zero attached hydrogens (tertiary/aromatic N) is 1. The third-order valence-electron chi connectivity index (χ3n) is 4.63. The first-order valence-electron chi connectivity index (χ1n) is 8.96. The van der Waals surface area contributed by atoms with Crippen molar-refractivity contribution in [2.75, 3.05) is 18.4 Å². The first-order chi connectivity index (χ1) is 13.7. The van der Waals surface area contributed by atoms with E-state index in [2.05, 4.69) is 5.32 Å². The minimum Gasteiger partial charge on any atom is -0.319 e. The molecule has 0 aromatic heterocycles. The number of amides is 1. The molecule has 0 unspecified atom stereocenters. The van der Waals surface area contributed by atoms with E-state index in [-0.39, 0.29) is 15.5 Å². The molecule has 0 spiro atoms. The van der Waals surface area contributed by atoms with Gasteiger partial charge in [0.15, 0.2) is 11.6 Å². The van der Waals surface area contributed by atoms with Gasteiger partial charge in [0.1, 0.15) is 10.7 Å². The number of anilines is 1. The van der Waals surface area contributed by atoms with Crippen LogP contribution in [0.2, 0.25) is 5.02 Å². The van der Waals surface area contributed by atoms with Gasteiger partial charge in [-0.2, -0.15) is 4.31 Å². The van der Waals surface area contributed by atoms with E-state index < -0.39 is 39.1 Å². The van der Waals surface area contributed by atoms with Gasteiger partial charge in [0.05, 0.1) is 10.7 Å². The molecule has 29 heavy (non-hydrogen) atoms. The molecule has 1 amide bonds. The molecule has 0 atom stereocenters. The summed E-state index contributed by atoms with van der Waals surface area (Å²) in [5, 5.41) is 2.06. The quantitative estimate of drug-likeness (QED) is 0.699. The highest BCUT2D eigenvalue weighted by molar-refractivity contribution is 7.89. The Morgan fingerprint density at radius 1 is 0.931 bits per heavy atom. The number of benzene rings is 2. The van der Waals surface area contributed by atoms with Crippen LogP contribution in [0.15, 0.2) is 35.2 Å². The van der Waals surface area contributed by atoms with Gasteiger partial charge in [-0.3, -0.25) is 4.79 Å². The summed E-state index contributed by atoms with van der Waals surface area (Å²) in [4.78, 5) is 12.2. The van der Waals surface area contributed by atoms with Crippen LogP contribution in [0.1, 0.15) is 36.0 Å². The summed E-state index contributed by atoms with van der Waals surface area (Å²) in [7, 11) is -3.93. The van der Waals surface area contributed by atoms with Crippen molar-refractivity contribution in [2.45, 2.75) is 30.6 Å². The van der Waals surface area contributed by atoms with Crippen LogP contribution in [0.5, 0.6) is 0 Å². The molecule has 0 radical (unpaired) electrons. The van der Waals surface area contributed by atoms with Crippen molar-refractivity contribution in [3.63, 3.8) is 0 Å². The van der Waals surface area contributed by atoms with Crippen LogP contribution in [0.25, 0.3) is 0 Å². The van der Waals surface area contributed by atoms with Gasteiger partial charge >= 0.3 is 0 Å². The fourth-order valence-electron chi connectivity index (χ4n) is 3.08. The Morgan fingerprint density at radius 2 is 1.55 bits per heavy atom. The molecule has 1 N–H and O–H groups in total. The Bertz CT molecular complexity index is 1040. The van der Waals surface area contributed by atoms with E-state index in [1.54, 1.807) is 0 Å². The first-order valence-corrected chi connectivity index (χ1v) is 10.8. The smallest absolute Gasteiger partial charge is 0.255 e. The standard InChI is InChI=1S/C19H18ClF3N2O3S/c20-13-6-5-12(19(26)24-17-11-15(22)14(21)10-16(17)23)9-18(13)29(27,28)25-7-3-1-2-4-8-25/h5-6,9-11H,1-4,7-8H2,(H,24,26). The van der Waals surface area contributed by atoms with Gasteiger partial charge < -0.3 is 5.32 Å². The maximum atomic E-state index is 13.8. The fourth-order valence-corrected chi connectivity index (χ4v) is 5.09. The molecule has 1 fully saturated rings. The Labute approximate surface area is 171 Å². The number of rotatable bonds is 4. The monoisotopic (exact) mass is 446 g/mol. The summed E-state index contributed by atoms with van der Waals surface area (Å²) in [6, 6.07) is 4.42. The molecule has 2 aromatic carbocycles. The van der Waals surface area contributed by atoms with Crippen LogP contribution in [0.4, 0.5) is 18.9 Å². The van der Waals surface area contributed by atoms with Crippen LogP contribution >= 0.6 is 11.6 Å². The van der Waals surface area contributed by atoms with Gasteiger partial charge in [-0.25, -0.2) is 21.6 Å². The van der Waals surface area contributed by atoms with Crippen molar-refractivity contribution in [3.05, 3.63) is 58.4 Å². The minimum absolute atomic E-state index is 0.0511. The molecule has 2 aromatic rings. The van der Waals surface area contributed by atoms with Crippen LogP contribution in [-0.2, 0) is 10.0 Å². The van der Waals surface area contributed by atoms with E-state index in [1.165, 1.54) is 16.4 Å². The topological polar surface area (TPSA) is 66.5 Å². The lowest BCUT2D eigenvalue weighted by Gasteiger charge is -2.21. The third kappa shape index (κ3) is 4.73. The summed E-state index contributed by atoms with van der Waals surface area (Å²) in [6.45, 7) is 0.713. The average molecular weight is 447 g/mol. The van der Waals surface area contributed by atoms with Crippen molar-refractivity contribution in [1.29, 1.82) is 0 Å². The molecule has 1 heterocycles. The highest BCUT2D eigenvalue weighted by atomic mass is 35.5. The molecule has 0 saturated carbocycles. The molecule has 1 aliphatic heterocycles. The van der Waals surface area contributed by atoms with Crippen molar-refractivity contribution >= 4 is 33.2 Å². The molecule has 3 rings (SSSR count). The first kappa shape index (κ1) is 21.6. The summed E-state index contributed by atoms with van der Waals surface area (Å²) >= 11 is 6.08. The molecule has 1 saturated heterocycles. The second-order valence-corrected chi connectivity index (χ2v) is 8.98. The summed E-state index contributed by atoms with van der Waals surface area (Å²) in [6.07, 6.45) is 3.32. The van der Waals surface area contributed by atoms with E-state index in [4.69, 9.17) is 11.6 Å². The summed E-state index contributed by atoms with van der Waals surface area (Å²) in [5.74, 6) is -4.78. The van der Waals surface area contributed by atoms with E-state index >= 15 is 0 Å². The second-order valence-electron chi connectivity index (χ2n) is 6.66. The Morgan fingerprint density at radius 3 is 2.21 bits per heavy atom. The highest BCUT2D eigenvalue weighted by Gasteiger charge is 2.28. The Hall–Kier alpha value is -2.10.